The van der Waals surface area contributed by atoms with Crippen molar-refractivity contribution in [2.75, 3.05) is 31.8 Å². The summed E-state index contributed by atoms with van der Waals surface area (Å²) in [4.78, 5) is 14.5. The van der Waals surface area contributed by atoms with Crippen LogP contribution < -0.4 is 0 Å². The molecule has 2 unspecified atom stereocenters. The summed E-state index contributed by atoms with van der Waals surface area (Å²) in [6.45, 7) is 3.13. The molecule has 0 aromatic carbocycles. The minimum Gasteiger partial charge on any atom is -0.383 e. The average Bonchev–Trinajstić information content (AvgIpc) is 2.88. The van der Waals surface area contributed by atoms with E-state index in [0.29, 0.717) is 37.8 Å². The first-order valence-electron chi connectivity index (χ1n) is 8.92. The van der Waals surface area contributed by atoms with Gasteiger partial charge in [0.2, 0.25) is 5.91 Å². The Morgan fingerprint density at radius 2 is 1.91 bits per heavy atom. The third-order valence-corrected chi connectivity index (χ3v) is 7.21. The summed E-state index contributed by atoms with van der Waals surface area (Å²) < 4.78 is 28.6. The Hall–Kier alpha value is -0.620. The van der Waals surface area contributed by atoms with E-state index in [1.807, 2.05) is 0 Å². The number of carbonyl (C=O) groups excluding carboxylic acids is 1. The zero-order valence-corrected chi connectivity index (χ0v) is 15.3. The van der Waals surface area contributed by atoms with Crippen LogP contribution in [-0.4, -0.2) is 57.0 Å². The minimum atomic E-state index is -2.98. The molecule has 0 radical (unpaired) electrons. The summed E-state index contributed by atoms with van der Waals surface area (Å²) in [7, 11) is -1.37. The highest BCUT2D eigenvalue weighted by Crippen LogP contribution is 2.32. The van der Waals surface area contributed by atoms with Crippen LogP contribution in [0.5, 0.6) is 0 Å². The van der Waals surface area contributed by atoms with Crippen LogP contribution in [0.1, 0.15) is 51.9 Å². The van der Waals surface area contributed by atoms with Crippen molar-refractivity contribution >= 4 is 15.7 Å². The fourth-order valence-corrected chi connectivity index (χ4v) is 5.72. The second-order valence-electron chi connectivity index (χ2n) is 7.22. The van der Waals surface area contributed by atoms with Gasteiger partial charge < -0.3 is 9.64 Å². The number of hydrogen-bond donors (Lipinski definition) is 0. The summed E-state index contributed by atoms with van der Waals surface area (Å²) in [5.74, 6) is 1.43. The molecule has 2 fully saturated rings. The molecular weight excluding hydrogens is 314 g/mol. The third-order valence-electron chi connectivity index (χ3n) is 5.46. The van der Waals surface area contributed by atoms with E-state index in [2.05, 4.69) is 6.92 Å². The lowest BCUT2D eigenvalue weighted by atomic mass is 9.79. The Bertz CT molecular complexity index is 485. The molecule has 2 atom stereocenters. The Kier molecular flexibility index (Phi) is 6.89. The highest BCUT2D eigenvalue weighted by atomic mass is 32.2. The number of sulfone groups is 1. The predicted molar refractivity (Wildman–Crippen MR) is 91.0 cm³/mol. The summed E-state index contributed by atoms with van der Waals surface area (Å²) in [5.41, 5.74) is 0. The van der Waals surface area contributed by atoms with Gasteiger partial charge in [0.15, 0.2) is 9.84 Å². The molecule has 1 saturated carbocycles. The zero-order chi connectivity index (χ0) is 16.9. The lowest BCUT2D eigenvalue weighted by Crippen LogP contribution is -2.44. The first-order valence-corrected chi connectivity index (χ1v) is 10.7. The normalized spacial score (nSPS) is 26.1. The quantitative estimate of drug-likeness (QED) is 0.710. The van der Waals surface area contributed by atoms with Crippen LogP contribution in [0.15, 0.2) is 0 Å². The molecule has 0 N–H and O–H groups in total. The number of methoxy groups -OCH3 is 1. The first-order chi connectivity index (χ1) is 10.9. The van der Waals surface area contributed by atoms with Gasteiger partial charge in [0.05, 0.1) is 18.1 Å². The van der Waals surface area contributed by atoms with Crippen molar-refractivity contribution in [3.8, 4) is 0 Å². The summed E-state index contributed by atoms with van der Waals surface area (Å²) in [5, 5.41) is 0. The molecule has 0 aromatic heterocycles. The molecule has 0 bridgehead atoms. The molecule has 1 amide bonds. The molecule has 23 heavy (non-hydrogen) atoms. The molecule has 1 aliphatic heterocycles. The maximum atomic E-state index is 12.8. The SMILES string of the molecule is COCCN(C(=O)CC(C)C1CCCCC1)C1CCS(=O)(=O)C1. The van der Waals surface area contributed by atoms with Crippen molar-refractivity contribution < 1.29 is 17.9 Å². The first kappa shape index (κ1) is 18.7. The third kappa shape index (κ3) is 5.45. The van der Waals surface area contributed by atoms with Gasteiger partial charge in [-0.1, -0.05) is 39.0 Å². The number of ether oxygens (including phenoxy) is 1. The topological polar surface area (TPSA) is 63.7 Å². The summed E-state index contributed by atoms with van der Waals surface area (Å²) in [6, 6.07) is -0.166. The lowest BCUT2D eigenvalue weighted by molar-refractivity contribution is -0.135. The lowest BCUT2D eigenvalue weighted by Gasteiger charge is -2.32. The van der Waals surface area contributed by atoms with Gasteiger partial charge in [0.1, 0.15) is 0 Å². The second-order valence-corrected chi connectivity index (χ2v) is 9.45. The smallest absolute Gasteiger partial charge is 0.223 e. The van der Waals surface area contributed by atoms with E-state index in [0.717, 1.165) is 0 Å². The van der Waals surface area contributed by atoms with E-state index in [1.165, 1.54) is 32.1 Å². The summed E-state index contributed by atoms with van der Waals surface area (Å²) in [6.07, 6.45) is 7.42. The molecule has 1 heterocycles. The van der Waals surface area contributed by atoms with Gasteiger partial charge >= 0.3 is 0 Å². The molecule has 1 aliphatic carbocycles. The van der Waals surface area contributed by atoms with Gasteiger partial charge in [-0.05, 0) is 18.3 Å². The number of carbonyl (C=O) groups is 1. The van der Waals surface area contributed by atoms with Gasteiger partial charge in [-0.15, -0.1) is 0 Å². The molecule has 1 saturated heterocycles. The largest absolute Gasteiger partial charge is 0.383 e. The van der Waals surface area contributed by atoms with Gasteiger partial charge in [0.25, 0.3) is 0 Å². The van der Waals surface area contributed by atoms with Gasteiger partial charge in [0, 0.05) is 26.1 Å². The summed E-state index contributed by atoms with van der Waals surface area (Å²) >= 11 is 0. The van der Waals surface area contributed by atoms with E-state index in [1.54, 1.807) is 12.0 Å². The van der Waals surface area contributed by atoms with Crippen LogP contribution in [0.25, 0.3) is 0 Å². The van der Waals surface area contributed by atoms with Crippen molar-refractivity contribution in [2.45, 2.75) is 57.9 Å². The molecule has 134 valence electrons. The van der Waals surface area contributed by atoms with Crippen LogP contribution in [0.2, 0.25) is 0 Å². The Morgan fingerprint density at radius 1 is 1.22 bits per heavy atom. The van der Waals surface area contributed by atoms with Gasteiger partial charge in [-0.2, -0.15) is 0 Å². The second kappa shape index (κ2) is 8.47. The van der Waals surface area contributed by atoms with E-state index in [4.69, 9.17) is 4.74 Å². The molecule has 5 nitrogen and oxygen atoms in total. The maximum absolute atomic E-state index is 12.8. The van der Waals surface area contributed by atoms with E-state index >= 15 is 0 Å². The standard InChI is InChI=1S/C17H31NO4S/c1-14(15-6-4-3-5-7-15)12-17(19)18(9-10-22-2)16-8-11-23(20,21)13-16/h14-16H,3-13H2,1-2H3. The van der Waals surface area contributed by atoms with Crippen LogP contribution in [-0.2, 0) is 19.4 Å². The Labute approximate surface area is 140 Å². The number of rotatable bonds is 7. The highest BCUT2D eigenvalue weighted by Gasteiger charge is 2.35. The zero-order valence-electron chi connectivity index (χ0n) is 14.5. The van der Waals surface area contributed by atoms with Crippen molar-refractivity contribution in [3.63, 3.8) is 0 Å². The van der Waals surface area contributed by atoms with Crippen molar-refractivity contribution in [3.05, 3.63) is 0 Å². The van der Waals surface area contributed by atoms with Crippen molar-refractivity contribution in [1.29, 1.82) is 0 Å². The molecule has 2 rings (SSSR count). The fraction of sp³-hybridized carbons (Fsp3) is 0.941. The minimum absolute atomic E-state index is 0.0993. The van der Waals surface area contributed by atoms with Crippen molar-refractivity contribution in [2.24, 2.45) is 11.8 Å². The van der Waals surface area contributed by atoms with Crippen LogP contribution in [0, 0.1) is 11.8 Å². The molecule has 6 heteroatoms. The highest BCUT2D eigenvalue weighted by molar-refractivity contribution is 7.91. The van der Waals surface area contributed by atoms with Crippen LogP contribution in [0.4, 0.5) is 0 Å². The van der Waals surface area contributed by atoms with E-state index in [-0.39, 0.29) is 23.5 Å². The van der Waals surface area contributed by atoms with Gasteiger partial charge in [-0.3, -0.25) is 4.79 Å². The monoisotopic (exact) mass is 345 g/mol. The average molecular weight is 346 g/mol. The predicted octanol–water partition coefficient (Wildman–Crippen LogP) is 2.25. The Morgan fingerprint density at radius 3 is 2.48 bits per heavy atom. The maximum Gasteiger partial charge on any atom is 0.223 e. The van der Waals surface area contributed by atoms with E-state index in [9.17, 15) is 13.2 Å². The van der Waals surface area contributed by atoms with Crippen LogP contribution in [0.3, 0.4) is 0 Å². The van der Waals surface area contributed by atoms with Gasteiger partial charge in [-0.25, -0.2) is 8.42 Å². The van der Waals surface area contributed by atoms with E-state index < -0.39 is 9.84 Å². The number of amides is 1. The number of nitrogens with zero attached hydrogens (tertiary/aromatic N) is 1. The molecule has 0 aromatic rings. The van der Waals surface area contributed by atoms with Crippen LogP contribution >= 0.6 is 0 Å². The fourth-order valence-electron chi connectivity index (χ4n) is 3.98. The molecular formula is C17H31NO4S. The Balaban J connectivity index is 1.95. The van der Waals surface area contributed by atoms with Crippen molar-refractivity contribution in [1.82, 2.24) is 4.90 Å². The molecule has 2 aliphatic rings. The number of hydrogen-bond acceptors (Lipinski definition) is 4. The molecule has 0 spiro atoms.